The molecule has 0 unspecified atom stereocenters. The van der Waals surface area contributed by atoms with Crippen molar-refractivity contribution in [3.63, 3.8) is 0 Å². The molecule has 2 fully saturated rings. The van der Waals surface area contributed by atoms with Gasteiger partial charge in [-0.15, -0.1) is 0 Å². The molecule has 5 nitrogen and oxygen atoms in total. The number of amides is 1. The summed E-state index contributed by atoms with van der Waals surface area (Å²) in [5.74, 6) is 0.168. The molecular weight excluding hydrogens is 208 g/mol. The first kappa shape index (κ1) is 11.8. The van der Waals surface area contributed by atoms with E-state index in [1.165, 1.54) is 0 Å². The predicted octanol–water partition coefficient (Wildman–Crippen LogP) is -0.386. The zero-order chi connectivity index (χ0) is 11.2. The molecule has 2 aliphatic rings. The van der Waals surface area contributed by atoms with Gasteiger partial charge in [-0.05, 0) is 12.8 Å². The Bertz CT molecular complexity index is 223. The van der Waals surface area contributed by atoms with Crippen molar-refractivity contribution in [2.75, 3.05) is 46.0 Å². The lowest BCUT2D eigenvalue weighted by molar-refractivity contribution is -0.134. The molecule has 2 rings (SSSR count). The number of nitrogens with one attached hydrogen (secondary N) is 1. The average Bonchev–Trinajstić information content (AvgIpc) is 2.83. The molecule has 0 radical (unpaired) electrons. The summed E-state index contributed by atoms with van der Waals surface area (Å²) < 4.78 is 10.7. The minimum Gasteiger partial charge on any atom is -0.378 e. The summed E-state index contributed by atoms with van der Waals surface area (Å²) in [5, 5.41) is 3.17. The topological polar surface area (TPSA) is 50.8 Å². The molecule has 16 heavy (non-hydrogen) atoms. The van der Waals surface area contributed by atoms with E-state index in [1.54, 1.807) is 0 Å². The lowest BCUT2D eigenvalue weighted by Crippen LogP contribution is -2.45. The van der Waals surface area contributed by atoms with Gasteiger partial charge in [-0.3, -0.25) is 4.79 Å². The quantitative estimate of drug-likeness (QED) is 0.712. The van der Waals surface area contributed by atoms with Crippen molar-refractivity contribution < 1.29 is 14.3 Å². The van der Waals surface area contributed by atoms with Gasteiger partial charge >= 0.3 is 0 Å². The summed E-state index contributed by atoms with van der Waals surface area (Å²) in [4.78, 5) is 13.6. The molecule has 0 spiro atoms. The highest BCUT2D eigenvalue weighted by Gasteiger charge is 2.18. The Morgan fingerprint density at radius 1 is 1.31 bits per heavy atom. The third kappa shape index (κ3) is 3.43. The Morgan fingerprint density at radius 3 is 2.81 bits per heavy atom. The van der Waals surface area contributed by atoms with Gasteiger partial charge in [-0.25, -0.2) is 0 Å². The molecule has 0 aromatic rings. The third-order valence-electron chi connectivity index (χ3n) is 3.04. The van der Waals surface area contributed by atoms with E-state index >= 15 is 0 Å². The molecule has 0 aromatic carbocycles. The fraction of sp³-hybridized carbons (Fsp3) is 0.909. The first-order valence-electron chi connectivity index (χ1n) is 6.04. The summed E-state index contributed by atoms with van der Waals surface area (Å²) in [7, 11) is 0. The summed E-state index contributed by atoms with van der Waals surface area (Å²) in [6, 6.07) is 0. The largest absolute Gasteiger partial charge is 0.378 e. The SMILES string of the molecule is O=C(CNC[C@H]1CCCO1)N1CCOCC1. The number of hydrogen-bond acceptors (Lipinski definition) is 4. The Kier molecular flexibility index (Phi) is 4.56. The van der Waals surface area contributed by atoms with Gasteiger partial charge in [0.1, 0.15) is 0 Å². The van der Waals surface area contributed by atoms with Crippen molar-refractivity contribution in [3.05, 3.63) is 0 Å². The normalized spacial score (nSPS) is 26.0. The van der Waals surface area contributed by atoms with Crippen molar-refractivity contribution >= 4 is 5.91 Å². The molecule has 92 valence electrons. The van der Waals surface area contributed by atoms with Crippen LogP contribution in [0.3, 0.4) is 0 Å². The van der Waals surface area contributed by atoms with Crippen molar-refractivity contribution in [2.45, 2.75) is 18.9 Å². The fourth-order valence-electron chi connectivity index (χ4n) is 2.07. The van der Waals surface area contributed by atoms with E-state index in [9.17, 15) is 4.79 Å². The zero-order valence-electron chi connectivity index (χ0n) is 9.61. The molecule has 2 aliphatic heterocycles. The molecule has 0 saturated carbocycles. The zero-order valence-corrected chi connectivity index (χ0v) is 9.61. The van der Waals surface area contributed by atoms with E-state index in [4.69, 9.17) is 9.47 Å². The van der Waals surface area contributed by atoms with Crippen LogP contribution in [0.4, 0.5) is 0 Å². The van der Waals surface area contributed by atoms with Crippen LogP contribution in [0.1, 0.15) is 12.8 Å². The van der Waals surface area contributed by atoms with Gasteiger partial charge in [-0.2, -0.15) is 0 Å². The highest BCUT2D eigenvalue weighted by atomic mass is 16.5. The molecule has 0 aliphatic carbocycles. The monoisotopic (exact) mass is 228 g/mol. The van der Waals surface area contributed by atoms with Gasteiger partial charge in [0.15, 0.2) is 0 Å². The molecule has 1 N–H and O–H groups in total. The fourth-order valence-corrected chi connectivity index (χ4v) is 2.07. The van der Waals surface area contributed by atoms with Crippen molar-refractivity contribution in [1.29, 1.82) is 0 Å². The van der Waals surface area contributed by atoms with Crippen LogP contribution in [-0.2, 0) is 14.3 Å². The van der Waals surface area contributed by atoms with E-state index in [2.05, 4.69) is 5.32 Å². The maximum absolute atomic E-state index is 11.7. The minimum absolute atomic E-state index is 0.168. The molecule has 0 bridgehead atoms. The van der Waals surface area contributed by atoms with Crippen molar-refractivity contribution in [2.24, 2.45) is 0 Å². The van der Waals surface area contributed by atoms with Gasteiger partial charge in [-0.1, -0.05) is 0 Å². The number of carbonyl (C=O) groups is 1. The Morgan fingerprint density at radius 2 is 2.12 bits per heavy atom. The molecule has 2 heterocycles. The highest BCUT2D eigenvalue weighted by Crippen LogP contribution is 2.10. The van der Waals surface area contributed by atoms with E-state index in [1.807, 2.05) is 4.90 Å². The summed E-state index contributed by atoms with van der Waals surface area (Å²) in [6.07, 6.45) is 2.56. The number of morpholine rings is 1. The van der Waals surface area contributed by atoms with Crippen LogP contribution in [0.2, 0.25) is 0 Å². The Labute approximate surface area is 96.1 Å². The number of carbonyl (C=O) groups excluding carboxylic acids is 1. The van der Waals surface area contributed by atoms with E-state index in [0.29, 0.717) is 25.9 Å². The molecule has 1 atom stereocenters. The van der Waals surface area contributed by atoms with Crippen LogP contribution >= 0.6 is 0 Å². The van der Waals surface area contributed by atoms with Crippen LogP contribution in [-0.4, -0.2) is 62.9 Å². The molecular formula is C11H20N2O3. The Hall–Kier alpha value is -0.650. The average molecular weight is 228 g/mol. The number of ether oxygens (including phenoxy) is 2. The predicted molar refractivity (Wildman–Crippen MR) is 59.2 cm³/mol. The molecule has 0 aromatic heterocycles. The smallest absolute Gasteiger partial charge is 0.236 e. The van der Waals surface area contributed by atoms with Gasteiger partial charge in [0.05, 0.1) is 25.9 Å². The molecule has 2 saturated heterocycles. The Balaban J connectivity index is 1.59. The first-order valence-corrected chi connectivity index (χ1v) is 6.04. The van der Waals surface area contributed by atoms with Crippen molar-refractivity contribution in [1.82, 2.24) is 10.2 Å². The van der Waals surface area contributed by atoms with Crippen LogP contribution in [0.15, 0.2) is 0 Å². The van der Waals surface area contributed by atoms with Crippen LogP contribution in [0.25, 0.3) is 0 Å². The molecule has 5 heteroatoms. The van der Waals surface area contributed by atoms with Gasteiger partial charge < -0.3 is 19.7 Å². The second kappa shape index (κ2) is 6.18. The summed E-state index contributed by atoms with van der Waals surface area (Å²) in [6.45, 7) is 4.84. The standard InChI is InChI=1S/C11H20N2O3/c14-11(13-3-6-15-7-4-13)9-12-8-10-2-1-5-16-10/h10,12H,1-9H2/t10-/m1/s1. The second-order valence-electron chi connectivity index (χ2n) is 4.26. The van der Waals surface area contributed by atoms with Crippen LogP contribution < -0.4 is 5.32 Å². The number of nitrogens with zero attached hydrogens (tertiary/aromatic N) is 1. The maximum Gasteiger partial charge on any atom is 0.236 e. The maximum atomic E-state index is 11.7. The van der Waals surface area contributed by atoms with Crippen LogP contribution in [0, 0.1) is 0 Å². The first-order chi connectivity index (χ1) is 7.86. The van der Waals surface area contributed by atoms with Gasteiger partial charge in [0.2, 0.25) is 5.91 Å². The lowest BCUT2D eigenvalue weighted by atomic mass is 10.2. The second-order valence-corrected chi connectivity index (χ2v) is 4.26. The molecule has 1 amide bonds. The number of hydrogen-bond donors (Lipinski definition) is 1. The lowest BCUT2D eigenvalue weighted by Gasteiger charge is -2.27. The van der Waals surface area contributed by atoms with E-state index < -0.39 is 0 Å². The van der Waals surface area contributed by atoms with Crippen LogP contribution in [0.5, 0.6) is 0 Å². The van der Waals surface area contributed by atoms with E-state index in [0.717, 1.165) is 39.1 Å². The minimum atomic E-state index is 0.168. The third-order valence-corrected chi connectivity index (χ3v) is 3.04. The highest BCUT2D eigenvalue weighted by molar-refractivity contribution is 5.78. The summed E-state index contributed by atoms with van der Waals surface area (Å²) >= 11 is 0. The van der Waals surface area contributed by atoms with Gasteiger partial charge in [0, 0.05) is 26.2 Å². The van der Waals surface area contributed by atoms with Crippen molar-refractivity contribution in [3.8, 4) is 0 Å². The summed E-state index contributed by atoms with van der Waals surface area (Å²) in [5.41, 5.74) is 0. The van der Waals surface area contributed by atoms with Gasteiger partial charge in [0.25, 0.3) is 0 Å². The van der Waals surface area contributed by atoms with E-state index in [-0.39, 0.29) is 5.91 Å². The number of rotatable bonds is 4.